The number of rotatable bonds is 6. The van der Waals surface area contributed by atoms with Crippen molar-refractivity contribution in [3.63, 3.8) is 0 Å². The summed E-state index contributed by atoms with van der Waals surface area (Å²) in [5, 5.41) is 3.58. The van der Waals surface area contributed by atoms with E-state index in [2.05, 4.69) is 31.3 Å². The second kappa shape index (κ2) is 6.98. The number of hydrogen-bond acceptors (Lipinski definition) is 3. The van der Waals surface area contributed by atoms with Crippen molar-refractivity contribution < 1.29 is 9.47 Å². The molecule has 3 heteroatoms. The molecule has 1 N–H and O–H groups in total. The van der Waals surface area contributed by atoms with Crippen molar-refractivity contribution in [1.29, 1.82) is 0 Å². The number of methoxy groups -OCH3 is 2. The highest BCUT2D eigenvalue weighted by molar-refractivity contribution is 5.44. The first kappa shape index (κ1) is 15.2. The van der Waals surface area contributed by atoms with E-state index in [-0.39, 0.29) is 0 Å². The molecule has 1 aromatic carbocycles. The normalized spacial score (nSPS) is 22.2. The topological polar surface area (TPSA) is 30.5 Å². The minimum atomic E-state index is 0.557. The minimum Gasteiger partial charge on any atom is -0.493 e. The van der Waals surface area contributed by atoms with Crippen LogP contribution in [0, 0.1) is 5.92 Å². The van der Waals surface area contributed by atoms with E-state index in [1.54, 1.807) is 14.2 Å². The first-order chi connectivity index (χ1) is 9.65. The number of benzene rings is 1. The molecule has 2 atom stereocenters. The molecular formula is C17H27NO2. The molecule has 1 saturated carbocycles. The van der Waals surface area contributed by atoms with Gasteiger partial charge in [-0.2, -0.15) is 0 Å². The Morgan fingerprint density at radius 3 is 2.55 bits per heavy atom. The van der Waals surface area contributed by atoms with E-state index in [1.165, 1.54) is 24.8 Å². The Hall–Kier alpha value is -1.22. The lowest BCUT2D eigenvalue weighted by molar-refractivity contribution is 0.353. The lowest BCUT2D eigenvalue weighted by atomic mass is 9.88. The Morgan fingerprint density at radius 1 is 1.15 bits per heavy atom. The van der Waals surface area contributed by atoms with Crippen LogP contribution in [0.4, 0.5) is 0 Å². The monoisotopic (exact) mass is 277 g/mol. The smallest absolute Gasteiger partial charge is 0.160 e. The van der Waals surface area contributed by atoms with Crippen molar-refractivity contribution in [2.45, 2.75) is 45.1 Å². The molecule has 0 heterocycles. The molecule has 0 spiro atoms. The molecule has 0 saturated heterocycles. The van der Waals surface area contributed by atoms with Crippen molar-refractivity contribution in [1.82, 2.24) is 5.32 Å². The second-order valence-corrected chi connectivity index (χ2v) is 5.97. The van der Waals surface area contributed by atoms with Gasteiger partial charge in [-0.25, -0.2) is 0 Å². The Bertz CT molecular complexity index is 431. The first-order valence-electron chi connectivity index (χ1n) is 7.61. The summed E-state index contributed by atoms with van der Waals surface area (Å²) in [6.45, 7) is 5.53. The fraction of sp³-hybridized carbons (Fsp3) is 0.647. The summed E-state index contributed by atoms with van der Waals surface area (Å²) < 4.78 is 10.8. The average Bonchev–Trinajstić information content (AvgIpc) is 2.92. The molecular weight excluding hydrogens is 250 g/mol. The largest absolute Gasteiger partial charge is 0.493 e. The van der Waals surface area contributed by atoms with Crippen LogP contribution >= 0.6 is 0 Å². The molecule has 112 valence electrons. The van der Waals surface area contributed by atoms with Gasteiger partial charge < -0.3 is 14.8 Å². The molecule has 2 unspecified atom stereocenters. The Morgan fingerprint density at radius 2 is 1.90 bits per heavy atom. The van der Waals surface area contributed by atoms with Gasteiger partial charge in [-0.3, -0.25) is 0 Å². The molecule has 0 aliphatic heterocycles. The van der Waals surface area contributed by atoms with Gasteiger partial charge in [0, 0.05) is 6.04 Å². The van der Waals surface area contributed by atoms with E-state index in [9.17, 15) is 0 Å². The molecule has 1 fully saturated rings. The fourth-order valence-electron chi connectivity index (χ4n) is 3.19. The molecule has 1 aliphatic rings. The lowest BCUT2D eigenvalue weighted by Crippen LogP contribution is -2.30. The van der Waals surface area contributed by atoms with E-state index >= 15 is 0 Å². The van der Waals surface area contributed by atoms with Crippen LogP contribution in [0.5, 0.6) is 11.5 Å². The van der Waals surface area contributed by atoms with E-state index in [0.717, 1.165) is 24.0 Å². The first-order valence-corrected chi connectivity index (χ1v) is 7.61. The maximum Gasteiger partial charge on any atom is 0.160 e. The quantitative estimate of drug-likeness (QED) is 0.862. The van der Waals surface area contributed by atoms with Crippen LogP contribution in [0.25, 0.3) is 0 Å². The predicted molar refractivity (Wildman–Crippen MR) is 82.8 cm³/mol. The van der Waals surface area contributed by atoms with Gasteiger partial charge >= 0.3 is 0 Å². The van der Waals surface area contributed by atoms with E-state index in [1.807, 2.05) is 6.07 Å². The molecule has 1 aliphatic carbocycles. The van der Waals surface area contributed by atoms with Crippen LogP contribution in [-0.2, 0) is 0 Å². The molecule has 0 amide bonds. The summed E-state index contributed by atoms with van der Waals surface area (Å²) in [6, 6.07) is 6.93. The zero-order valence-electron chi connectivity index (χ0n) is 13.1. The molecule has 2 rings (SSSR count). The highest BCUT2D eigenvalue weighted by atomic mass is 16.5. The third-order valence-corrected chi connectivity index (χ3v) is 4.28. The second-order valence-electron chi connectivity index (χ2n) is 5.97. The third-order valence-electron chi connectivity index (χ3n) is 4.28. The van der Waals surface area contributed by atoms with E-state index in [4.69, 9.17) is 9.47 Å². The molecule has 0 aromatic heterocycles. The van der Waals surface area contributed by atoms with E-state index < -0.39 is 0 Å². The summed E-state index contributed by atoms with van der Waals surface area (Å²) in [7, 11) is 3.39. The Kier molecular flexibility index (Phi) is 5.30. The van der Waals surface area contributed by atoms with Gasteiger partial charge in [0.2, 0.25) is 0 Å². The van der Waals surface area contributed by atoms with Gasteiger partial charge in [0.15, 0.2) is 11.5 Å². The van der Waals surface area contributed by atoms with E-state index in [0.29, 0.717) is 12.0 Å². The molecule has 20 heavy (non-hydrogen) atoms. The summed E-state index contributed by atoms with van der Waals surface area (Å²) in [5.74, 6) is 3.02. The van der Waals surface area contributed by atoms with Gasteiger partial charge in [-0.05, 0) is 48.9 Å². The van der Waals surface area contributed by atoms with Crippen molar-refractivity contribution >= 4 is 0 Å². The van der Waals surface area contributed by atoms with Gasteiger partial charge in [0.25, 0.3) is 0 Å². The van der Waals surface area contributed by atoms with Crippen LogP contribution < -0.4 is 14.8 Å². The van der Waals surface area contributed by atoms with Crippen LogP contribution in [0.3, 0.4) is 0 Å². The summed E-state index contributed by atoms with van der Waals surface area (Å²) >= 11 is 0. The predicted octanol–water partition coefficient (Wildman–Crippen LogP) is 3.59. The van der Waals surface area contributed by atoms with Crippen molar-refractivity contribution in [2.24, 2.45) is 5.92 Å². The zero-order valence-corrected chi connectivity index (χ0v) is 13.1. The van der Waals surface area contributed by atoms with Crippen LogP contribution in [0.2, 0.25) is 0 Å². The van der Waals surface area contributed by atoms with Gasteiger partial charge in [0.05, 0.1) is 14.2 Å². The Balaban J connectivity index is 2.13. The van der Waals surface area contributed by atoms with Gasteiger partial charge in [-0.1, -0.05) is 26.3 Å². The van der Waals surface area contributed by atoms with Crippen LogP contribution in [0.15, 0.2) is 18.2 Å². The highest BCUT2D eigenvalue weighted by Gasteiger charge is 2.29. The third kappa shape index (κ3) is 3.45. The summed E-state index contributed by atoms with van der Waals surface area (Å²) in [6.07, 6.45) is 3.92. The lowest BCUT2D eigenvalue weighted by Gasteiger charge is -2.22. The zero-order chi connectivity index (χ0) is 14.5. The summed E-state index contributed by atoms with van der Waals surface area (Å²) in [5.41, 5.74) is 1.38. The Labute approximate surface area is 122 Å². The molecule has 1 aromatic rings. The average molecular weight is 277 g/mol. The van der Waals surface area contributed by atoms with Crippen LogP contribution in [-0.4, -0.2) is 26.8 Å². The SMILES string of the molecule is COc1ccc(C2CCCC2CNC(C)C)cc1OC. The molecule has 0 radical (unpaired) electrons. The summed E-state index contributed by atoms with van der Waals surface area (Å²) in [4.78, 5) is 0. The standard InChI is InChI=1S/C17H27NO2/c1-12(2)18-11-14-6-5-7-15(14)13-8-9-16(19-3)17(10-13)20-4/h8-10,12,14-15,18H,5-7,11H2,1-4H3. The van der Waals surface area contributed by atoms with Crippen molar-refractivity contribution in [3.05, 3.63) is 23.8 Å². The number of hydrogen-bond donors (Lipinski definition) is 1. The van der Waals surface area contributed by atoms with Gasteiger partial charge in [0.1, 0.15) is 0 Å². The minimum absolute atomic E-state index is 0.557. The van der Waals surface area contributed by atoms with Gasteiger partial charge in [-0.15, -0.1) is 0 Å². The fourth-order valence-corrected chi connectivity index (χ4v) is 3.19. The molecule has 0 bridgehead atoms. The van der Waals surface area contributed by atoms with Crippen molar-refractivity contribution in [2.75, 3.05) is 20.8 Å². The highest BCUT2D eigenvalue weighted by Crippen LogP contribution is 2.41. The molecule has 3 nitrogen and oxygen atoms in total. The van der Waals surface area contributed by atoms with Crippen LogP contribution in [0.1, 0.15) is 44.6 Å². The number of ether oxygens (including phenoxy) is 2. The maximum absolute atomic E-state index is 5.43. The number of nitrogens with one attached hydrogen (secondary N) is 1. The maximum atomic E-state index is 5.43. The van der Waals surface area contributed by atoms with Crippen molar-refractivity contribution in [3.8, 4) is 11.5 Å².